The van der Waals surface area contributed by atoms with Gasteiger partial charge in [-0.25, -0.2) is 0 Å². The number of nitrogens with two attached hydrogens (primary N) is 1. The molecule has 1 atom stereocenters. The number of rotatable bonds is 6. The van der Waals surface area contributed by atoms with Crippen molar-refractivity contribution in [3.8, 4) is 5.75 Å². The first-order valence-electron chi connectivity index (χ1n) is 6.90. The maximum atomic E-state index is 5.85. The van der Waals surface area contributed by atoms with Crippen molar-refractivity contribution < 1.29 is 9.26 Å². The molecule has 0 unspecified atom stereocenters. The average molecular weight is 275 g/mol. The maximum Gasteiger partial charge on any atom is 0.264 e. The summed E-state index contributed by atoms with van der Waals surface area (Å²) in [6.07, 6.45) is 1.82. The van der Waals surface area contributed by atoms with Gasteiger partial charge in [0.1, 0.15) is 5.75 Å². The van der Waals surface area contributed by atoms with Gasteiger partial charge in [-0.3, -0.25) is 0 Å². The molecule has 0 aliphatic heterocycles. The van der Waals surface area contributed by atoms with E-state index in [1.54, 1.807) is 0 Å². The van der Waals surface area contributed by atoms with Crippen molar-refractivity contribution in [2.75, 3.05) is 0 Å². The molecule has 2 N–H and O–H groups in total. The van der Waals surface area contributed by atoms with Gasteiger partial charge in [0.25, 0.3) is 5.89 Å². The van der Waals surface area contributed by atoms with Gasteiger partial charge in [-0.05, 0) is 37.5 Å². The SMILES string of the molecule is CCCc1noc(COc2ccc([C@H](C)N)cc2C)n1. The van der Waals surface area contributed by atoms with E-state index in [-0.39, 0.29) is 12.6 Å². The van der Waals surface area contributed by atoms with Crippen LogP contribution < -0.4 is 10.5 Å². The summed E-state index contributed by atoms with van der Waals surface area (Å²) in [5.74, 6) is 2.05. The highest BCUT2D eigenvalue weighted by Gasteiger charge is 2.08. The fourth-order valence-corrected chi connectivity index (χ4v) is 1.93. The van der Waals surface area contributed by atoms with Crippen LogP contribution in [0.3, 0.4) is 0 Å². The zero-order valence-corrected chi connectivity index (χ0v) is 12.2. The smallest absolute Gasteiger partial charge is 0.264 e. The van der Waals surface area contributed by atoms with Crippen molar-refractivity contribution in [2.45, 2.75) is 46.3 Å². The normalized spacial score (nSPS) is 12.4. The molecule has 2 aromatic rings. The van der Waals surface area contributed by atoms with Crippen LogP contribution in [-0.4, -0.2) is 10.1 Å². The Morgan fingerprint density at radius 3 is 2.85 bits per heavy atom. The number of nitrogens with zero attached hydrogens (tertiary/aromatic N) is 2. The molecule has 5 nitrogen and oxygen atoms in total. The van der Waals surface area contributed by atoms with E-state index in [2.05, 4.69) is 17.1 Å². The highest BCUT2D eigenvalue weighted by Crippen LogP contribution is 2.22. The molecule has 0 bridgehead atoms. The van der Waals surface area contributed by atoms with E-state index in [1.165, 1.54) is 0 Å². The van der Waals surface area contributed by atoms with Crippen LogP contribution in [0.15, 0.2) is 22.7 Å². The lowest BCUT2D eigenvalue weighted by Gasteiger charge is -2.11. The van der Waals surface area contributed by atoms with Gasteiger partial charge in [0, 0.05) is 12.5 Å². The minimum Gasteiger partial charge on any atom is -0.483 e. The molecular weight excluding hydrogens is 254 g/mol. The fraction of sp³-hybridized carbons (Fsp3) is 0.467. The molecule has 0 aliphatic carbocycles. The van der Waals surface area contributed by atoms with Crippen LogP contribution in [0, 0.1) is 6.92 Å². The Bertz CT molecular complexity index is 564. The average Bonchev–Trinajstić information content (AvgIpc) is 2.85. The number of aryl methyl sites for hydroxylation is 2. The first-order valence-corrected chi connectivity index (χ1v) is 6.90. The predicted octanol–water partition coefficient (Wildman–Crippen LogP) is 2.93. The number of ether oxygens (including phenoxy) is 1. The van der Waals surface area contributed by atoms with Crippen LogP contribution >= 0.6 is 0 Å². The van der Waals surface area contributed by atoms with Crippen molar-refractivity contribution in [3.05, 3.63) is 41.0 Å². The van der Waals surface area contributed by atoms with Crippen LogP contribution in [0.5, 0.6) is 5.75 Å². The minimum absolute atomic E-state index is 0.0234. The van der Waals surface area contributed by atoms with E-state index in [0.717, 1.165) is 35.5 Å². The standard InChI is InChI=1S/C15H21N3O2/c1-4-5-14-17-15(20-18-14)9-19-13-7-6-12(11(3)16)8-10(13)2/h6-8,11H,4-5,9,16H2,1-3H3/t11-/m0/s1. The Hall–Kier alpha value is -1.88. The van der Waals surface area contributed by atoms with E-state index in [1.807, 2.05) is 32.0 Å². The molecule has 20 heavy (non-hydrogen) atoms. The fourth-order valence-electron chi connectivity index (χ4n) is 1.93. The molecule has 0 radical (unpaired) electrons. The molecule has 1 heterocycles. The number of hydrogen-bond donors (Lipinski definition) is 1. The molecule has 0 amide bonds. The molecule has 0 fully saturated rings. The van der Waals surface area contributed by atoms with Crippen LogP contribution in [0.1, 0.15) is 49.2 Å². The number of aromatic nitrogens is 2. The molecule has 1 aromatic carbocycles. The monoisotopic (exact) mass is 275 g/mol. The minimum atomic E-state index is 0.0234. The Morgan fingerprint density at radius 1 is 1.40 bits per heavy atom. The van der Waals surface area contributed by atoms with Gasteiger partial charge in [-0.1, -0.05) is 24.2 Å². The van der Waals surface area contributed by atoms with E-state index in [0.29, 0.717) is 5.89 Å². The second kappa shape index (κ2) is 6.52. The second-order valence-corrected chi connectivity index (χ2v) is 4.96. The molecule has 0 spiro atoms. The third-order valence-electron chi connectivity index (χ3n) is 3.06. The Morgan fingerprint density at radius 2 is 2.20 bits per heavy atom. The molecule has 0 saturated heterocycles. The summed E-state index contributed by atoms with van der Waals surface area (Å²) < 4.78 is 10.8. The Balaban J connectivity index is 1.99. The van der Waals surface area contributed by atoms with Gasteiger partial charge in [-0.2, -0.15) is 4.98 Å². The van der Waals surface area contributed by atoms with E-state index < -0.39 is 0 Å². The van der Waals surface area contributed by atoms with Crippen molar-refractivity contribution in [1.29, 1.82) is 0 Å². The first-order chi connectivity index (χ1) is 9.60. The van der Waals surface area contributed by atoms with Gasteiger partial charge in [0.15, 0.2) is 12.4 Å². The van der Waals surface area contributed by atoms with Crippen molar-refractivity contribution >= 4 is 0 Å². The summed E-state index contributed by atoms with van der Waals surface area (Å²) >= 11 is 0. The van der Waals surface area contributed by atoms with E-state index in [9.17, 15) is 0 Å². The third kappa shape index (κ3) is 3.57. The zero-order chi connectivity index (χ0) is 14.5. The second-order valence-electron chi connectivity index (χ2n) is 4.96. The molecule has 1 aromatic heterocycles. The zero-order valence-electron chi connectivity index (χ0n) is 12.2. The van der Waals surface area contributed by atoms with Crippen LogP contribution in [0.4, 0.5) is 0 Å². The van der Waals surface area contributed by atoms with Gasteiger partial charge < -0.3 is 15.0 Å². The summed E-state index contributed by atoms with van der Waals surface area (Å²) in [5, 5.41) is 3.90. The van der Waals surface area contributed by atoms with Crippen LogP contribution in [0.2, 0.25) is 0 Å². The lowest BCUT2D eigenvalue weighted by atomic mass is 10.1. The van der Waals surface area contributed by atoms with E-state index >= 15 is 0 Å². The van der Waals surface area contributed by atoms with Crippen molar-refractivity contribution in [1.82, 2.24) is 10.1 Å². The summed E-state index contributed by atoms with van der Waals surface area (Å²) in [7, 11) is 0. The van der Waals surface area contributed by atoms with Crippen LogP contribution in [-0.2, 0) is 13.0 Å². The van der Waals surface area contributed by atoms with Crippen molar-refractivity contribution in [3.63, 3.8) is 0 Å². The molecule has 2 rings (SSSR count). The number of benzene rings is 1. The lowest BCUT2D eigenvalue weighted by Crippen LogP contribution is -2.05. The number of hydrogen-bond acceptors (Lipinski definition) is 5. The van der Waals surface area contributed by atoms with E-state index in [4.69, 9.17) is 15.0 Å². The summed E-state index contributed by atoms with van der Waals surface area (Å²) in [6.45, 7) is 6.32. The lowest BCUT2D eigenvalue weighted by molar-refractivity contribution is 0.241. The third-order valence-corrected chi connectivity index (χ3v) is 3.06. The summed E-state index contributed by atoms with van der Waals surface area (Å²) in [6, 6.07) is 5.96. The highest BCUT2D eigenvalue weighted by atomic mass is 16.5. The maximum absolute atomic E-state index is 5.85. The quantitative estimate of drug-likeness (QED) is 0.877. The van der Waals surface area contributed by atoms with Gasteiger partial charge in [-0.15, -0.1) is 0 Å². The Labute approximate surface area is 119 Å². The predicted molar refractivity (Wildman–Crippen MR) is 76.4 cm³/mol. The molecule has 108 valence electrons. The van der Waals surface area contributed by atoms with Crippen LogP contribution in [0.25, 0.3) is 0 Å². The Kier molecular flexibility index (Phi) is 4.74. The largest absolute Gasteiger partial charge is 0.483 e. The summed E-state index contributed by atoms with van der Waals surface area (Å²) in [4.78, 5) is 4.27. The molecular formula is C15H21N3O2. The van der Waals surface area contributed by atoms with Crippen molar-refractivity contribution in [2.24, 2.45) is 5.73 Å². The van der Waals surface area contributed by atoms with Gasteiger partial charge in [0.2, 0.25) is 0 Å². The van der Waals surface area contributed by atoms with Gasteiger partial charge >= 0.3 is 0 Å². The molecule has 0 saturated carbocycles. The molecule has 5 heteroatoms. The van der Waals surface area contributed by atoms with Gasteiger partial charge in [0.05, 0.1) is 0 Å². The first kappa shape index (κ1) is 14.5. The summed E-state index contributed by atoms with van der Waals surface area (Å²) in [5.41, 5.74) is 8.00. The highest BCUT2D eigenvalue weighted by molar-refractivity contribution is 5.37. The topological polar surface area (TPSA) is 74.2 Å². The molecule has 0 aliphatic rings.